The van der Waals surface area contributed by atoms with Crippen molar-refractivity contribution in [2.24, 2.45) is 10.8 Å². The van der Waals surface area contributed by atoms with Crippen LogP contribution < -0.4 is 10.2 Å². The number of hydrogen-bond donors (Lipinski definition) is 2. The number of anilines is 3. The zero-order valence-electron chi connectivity index (χ0n) is 24.0. The molecular weight excluding hydrogens is 551 g/mol. The van der Waals surface area contributed by atoms with E-state index in [2.05, 4.69) is 34.0 Å². The van der Waals surface area contributed by atoms with Gasteiger partial charge in [0.2, 0.25) is 5.95 Å². The molecule has 2 aliphatic heterocycles. The van der Waals surface area contributed by atoms with E-state index in [0.717, 1.165) is 55.4 Å². The number of hydrogen-bond acceptors (Lipinski definition) is 7. The van der Waals surface area contributed by atoms with Crippen LogP contribution in [0.3, 0.4) is 0 Å². The lowest BCUT2D eigenvalue weighted by Gasteiger charge is -2.52. The Morgan fingerprint density at radius 1 is 1.10 bits per heavy atom. The number of benzene rings is 1. The maximum atomic E-state index is 13.9. The molecule has 2 aromatic rings. The Kier molecular flexibility index (Phi) is 7.38. The first-order valence-electron chi connectivity index (χ1n) is 14.8. The Morgan fingerprint density at radius 2 is 1.80 bits per heavy atom. The third-order valence-electron chi connectivity index (χ3n) is 10.1. The van der Waals surface area contributed by atoms with E-state index in [1.165, 1.54) is 17.7 Å². The van der Waals surface area contributed by atoms with Gasteiger partial charge in [-0.25, -0.2) is 4.98 Å². The van der Waals surface area contributed by atoms with Gasteiger partial charge in [-0.3, -0.25) is 4.21 Å². The van der Waals surface area contributed by atoms with Gasteiger partial charge >= 0.3 is 6.18 Å². The molecule has 2 atom stereocenters. The van der Waals surface area contributed by atoms with Crippen LogP contribution in [-0.4, -0.2) is 67.8 Å². The minimum Gasteiger partial charge on any atom is -0.391 e. The highest BCUT2D eigenvalue weighted by atomic mass is 32.2. The summed E-state index contributed by atoms with van der Waals surface area (Å²) in [5, 5.41) is 13.8. The predicted molar refractivity (Wildman–Crippen MR) is 154 cm³/mol. The molecule has 4 fully saturated rings. The molecule has 224 valence electrons. The van der Waals surface area contributed by atoms with Gasteiger partial charge in [0.05, 0.1) is 16.9 Å². The fourth-order valence-corrected chi connectivity index (χ4v) is 8.91. The maximum Gasteiger partial charge on any atom is 0.421 e. The van der Waals surface area contributed by atoms with Crippen LogP contribution in [0.4, 0.5) is 30.6 Å². The quantitative estimate of drug-likeness (QED) is 0.449. The molecule has 1 aromatic carbocycles. The topological polar surface area (TPSA) is 81.6 Å². The van der Waals surface area contributed by atoms with Crippen molar-refractivity contribution < 1.29 is 22.5 Å². The monoisotopic (exact) mass is 591 g/mol. The largest absolute Gasteiger partial charge is 0.421 e. The molecule has 1 aromatic heterocycles. The molecule has 3 heterocycles. The number of likely N-dealkylation sites (tertiary alicyclic amines) is 1. The fourth-order valence-electron chi connectivity index (χ4n) is 7.02. The second-order valence-corrected chi connectivity index (χ2v) is 14.8. The highest BCUT2D eigenvalue weighted by Crippen LogP contribution is 2.54. The molecule has 2 aliphatic carbocycles. The molecule has 0 amide bonds. The Balaban J connectivity index is 1.13. The molecule has 11 heteroatoms. The summed E-state index contributed by atoms with van der Waals surface area (Å²) in [5.41, 5.74) is 0.775. The van der Waals surface area contributed by atoms with Crippen LogP contribution in [0.1, 0.15) is 69.9 Å². The van der Waals surface area contributed by atoms with Gasteiger partial charge in [-0.15, -0.1) is 0 Å². The minimum atomic E-state index is -4.61. The van der Waals surface area contributed by atoms with Crippen LogP contribution in [0, 0.1) is 17.8 Å². The number of piperidine rings is 2. The van der Waals surface area contributed by atoms with Crippen LogP contribution >= 0.6 is 0 Å². The van der Waals surface area contributed by atoms with Gasteiger partial charge < -0.3 is 20.2 Å². The van der Waals surface area contributed by atoms with Crippen molar-refractivity contribution >= 4 is 28.3 Å². The number of aliphatic hydroxyl groups is 1. The second-order valence-electron chi connectivity index (χ2n) is 13.1. The Hall–Kier alpha value is -2.24. The Morgan fingerprint density at radius 3 is 2.39 bits per heavy atom. The number of halogens is 3. The van der Waals surface area contributed by atoms with Crippen molar-refractivity contribution in [3.05, 3.63) is 35.5 Å². The highest BCUT2D eigenvalue weighted by molar-refractivity contribution is 7.85. The Labute approximate surface area is 242 Å². The van der Waals surface area contributed by atoms with Gasteiger partial charge in [-0.05, 0) is 113 Å². The van der Waals surface area contributed by atoms with Crippen molar-refractivity contribution in [1.29, 1.82) is 0 Å². The number of alkyl halides is 3. The van der Waals surface area contributed by atoms with E-state index in [9.17, 15) is 22.5 Å². The molecule has 6 rings (SSSR count). The first kappa shape index (κ1) is 28.9. The lowest BCUT2D eigenvalue weighted by atomic mass is 9.63. The molecule has 7 nitrogen and oxygen atoms in total. The van der Waals surface area contributed by atoms with Gasteiger partial charge in [0.25, 0.3) is 0 Å². The van der Waals surface area contributed by atoms with Crippen molar-refractivity contribution in [2.75, 3.05) is 36.4 Å². The summed E-state index contributed by atoms with van der Waals surface area (Å²) >= 11 is 0. The van der Waals surface area contributed by atoms with Crippen LogP contribution in [0.5, 0.6) is 0 Å². The number of aliphatic hydroxyl groups excluding tert-OH is 1. The molecule has 2 spiro atoms. The normalized spacial score (nSPS) is 25.0. The SMILES string of the molecule is Cc1cc(S(=O)C2CC3(CCN(C(C)C)CC3)C2)ccc1Nc1ncc(C(F)(F)F)c(N2CCC3(CC3)C(O)C2)n1. The number of nitrogens with zero attached hydrogens (tertiary/aromatic N) is 4. The van der Waals surface area contributed by atoms with Gasteiger partial charge in [0.1, 0.15) is 11.4 Å². The third kappa shape index (κ3) is 5.61. The average Bonchev–Trinajstić information content (AvgIpc) is 3.69. The molecule has 2 saturated carbocycles. The van der Waals surface area contributed by atoms with E-state index in [1.807, 2.05) is 19.1 Å². The smallest absolute Gasteiger partial charge is 0.391 e. The number of rotatable bonds is 6. The molecule has 2 saturated heterocycles. The van der Waals surface area contributed by atoms with Crippen LogP contribution in [0.2, 0.25) is 0 Å². The van der Waals surface area contributed by atoms with Crippen molar-refractivity contribution in [1.82, 2.24) is 14.9 Å². The summed E-state index contributed by atoms with van der Waals surface area (Å²) in [5.74, 6) is -0.155. The van der Waals surface area contributed by atoms with E-state index in [4.69, 9.17) is 0 Å². The zero-order chi connectivity index (χ0) is 29.2. The van der Waals surface area contributed by atoms with E-state index < -0.39 is 28.6 Å². The molecule has 0 bridgehead atoms. The Bertz CT molecular complexity index is 1320. The van der Waals surface area contributed by atoms with E-state index in [0.29, 0.717) is 30.1 Å². The lowest BCUT2D eigenvalue weighted by Crippen LogP contribution is -2.51. The van der Waals surface area contributed by atoms with Gasteiger partial charge in [-0.1, -0.05) is 0 Å². The summed E-state index contributed by atoms with van der Waals surface area (Å²) in [6, 6.07) is 6.10. The van der Waals surface area contributed by atoms with E-state index in [1.54, 1.807) is 6.07 Å². The number of nitrogens with one attached hydrogen (secondary N) is 1. The standard InChI is InChI=1S/C30H40F3N5O2S/c1-19(2)37-11-8-28(9-12-37)15-22(16-28)41(40)21-4-5-24(20(3)14-21)35-27-34-17-23(30(31,32)33)26(36-27)38-13-10-29(6-7-29)25(39)18-38/h4-5,14,17,19,22,25,39H,6-13,15-16,18H2,1-3H3,(H,34,35,36). The summed E-state index contributed by atoms with van der Waals surface area (Å²) in [4.78, 5) is 13.1. The molecule has 4 aliphatic rings. The number of aryl methyl sites for hydroxylation is 1. The summed E-state index contributed by atoms with van der Waals surface area (Å²) < 4.78 is 55.0. The molecule has 2 N–H and O–H groups in total. The zero-order valence-corrected chi connectivity index (χ0v) is 24.8. The molecule has 41 heavy (non-hydrogen) atoms. The lowest BCUT2D eigenvalue weighted by molar-refractivity contribution is -0.137. The number of aromatic nitrogens is 2. The van der Waals surface area contributed by atoms with Crippen molar-refractivity contribution in [2.45, 2.75) is 94.2 Å². The van der Waals surface area contributed by atoms with Crippen LogP contribution in [0.25, 0.3) is 0 Å². The first-order chi connectivity index (χ1) is 19.4. The summed E-state index contributed by atoms with van der Waals surface area (Å²) in [6.07, 6.45) is 2.37. The molecule has 0 radical (unpaired) electrons. The minimum absolute atomic E-state index is 0.0554. The van der Waals surface area contributed by atoms with Gasteiger partial charge in [-0.2, -0.15) is 18.2 Å². The summed E-state index contributed by atoms with van der Waals surface area (Å²) in [6.45, 7) is 9.12. The van der Waals surface area contributed by atoms with Gasteiger partial charge in [0.15, 0.2) is 0 Å². The average molecular weight is 592 g/mol. The number of β-amino-alcohol motifs (C(OH)–C–C–N with tert-alkyl or cyclic N) is 1. The second kappa shape index (κ2) is 10.5. The van der Waals surface area contributed by atoms with E-state index in [-0.39, 0.29) is 29.0 Å². The third-order valence-corrected chi connectivity index (χ3v) is 11.8. The first-order valence-corrected chi connectivity index (χ1v) is 16.0. The highest BCUT2D eigenvalue weighted by Gasteiger charge is 2.52. The molecule has 2 unspecified atom stereocenters. The van der Waals surface area contributed by atoms with Crippen LogP contribution in [0.15, 0.2) is 29.3 Å². The van der Waals surface area contributed by atoms with E-state index >= 15 is 0 Å². The van der Waals surface area contributed by atoms with Crippen LogP contribution in [-0.2, 0) is 17.0 Å². The summed E-state index contributed by atoms with van der Waals surface area (Å²) in [7, 11) is -1.10. The van der Waals surface area contributed by atoms with Gasteiger partial charge in [0, 0.05) is 41.2 Å². The van der Waals surface area contributed by atoms with Crippen molar-refractivity contribution in [3.8, 4) is 0 Å². The molecular formula is C30H40F3N5O2S. The van der Waals surface area contributed by atoms with Crippen molar-refractivity contribution in [3.63, 3.8) is 0 Å². The fraction of sp³-hybridized carbons (Fsp3) is 0.667. The predicted octanol–water partition coefficient (Wildman–Crippen LogP) is 5.66. The maximum absolute atomic E-state index is 13.9.